The zero-order chi connectivity index (χ0) is 9.73. The lowest BCUT2D eigenvalue weighted by atomic mass is 9.88. The van der Waals surface area contributed by atoms with E-state index in [4.69, 9.17) is 4.74 Å². The van der Waals surface area contributed by atoms with Crippen molar-refractivity contribution in [2.24, 2.45) is 0 Å². The highest BCUT2D eigenvalue weighted by Gasteiger charge is 2.26. The van der Waals surface area contributed by atoms with Crippen molar-refractivity contribution in [3.63, 3.8) is 0 Å². The summed E-state index contributed by atoms with van der Waals surface area (Å²) in [5, 5.41) is 10.1. The van der Waals surface area contributed by atoms with Gasteiger partial charge in [0.25, 0.3) is 0 Å². The van der Waals surface area contributed by atoms with Crippen molar-refractivity contribution >= 4 is 0 Å². The summed E-state index contributed by atoms with van der Waals surface area (Å²) in [6, 6.07) is 0. The van der Waals surface area contributed by atoms with Gasteiger partial charge in [-0.15, -0.1) is 6.58 Å². The molecule has 1 rings (SSSR count). The molecule has 0 aliphatic carbocycles. The maximum atomic E-state index is 10.1. The van der Waals surface area contributed by atoms with Crippen molar-refractivity contribution in [2.75, 3.05) is 6.61 Å². The van der Waals surface area contributed by atoms with Gasteiger partial charge in [0.05, 0.1) is 18.5 Å². The third-order valence-corrected chi connectivity index (χ3v) is 2.46. The van der Waals surface area contributed by atoms with Crippen LogP contribution in [0, 0.1) is 0 Å². The Kier molecular flexibility index (Phi) is 3.55. The van der Waals surface area contributed by atoms with Crippen LogP contribution in [-0.2, 0) is 4.74 Å². The Balaban J connectivity index is 2.55. The second-order valence-electron chi connectivity index (χ2n) is 3.72. The Hall–Kier alpha value is -0.760. The third kappa shape index (κ3) is 2.88. The number of allylic oxidation sites excluding steroid dienone is 1. The van der Waals surface area contributed by atoms with Crippen LogP contribution in [0.2, 0.25) is 0 Å². The minimum absolute atomic E-state index is 0.714. The second kappa shape index (κ2) is 4.47. The van der Waals surface area contributed by atoms with Gasteiger partial charge in [-0.1, -0.05) is 6.08 Å². The van der Waals surface area contributed by atoms with Crippen LogP contribution >= 0.6 is 0 Å². The highest BCUT2D eigenvalue weighted by molar-refractivity contribution is 5.14. The number of hydrogen-bond donors (Lipinski definition) is 1. The van der Waals surface area contributed by atoms with Gasteiger partial charge >= 0.3 is 0 Å². The van der Waals surface area contributed by atoms with Gasteiger partial charge in [-0.3, -0.25) is 0 Å². The first-order valence-electron chi connectivity index (χ1n) is 4.81. The molecule has 2 nitrogen and oxygen atoms in total. The lowest BCUT2D eigenvalue weighted by Gasteiger charge is -2.28. The van der Waals surface area contributed by atoms with Crippen molar-refractivity contribution in [3.8, 4) is 0 Å². The van der Waals surface area contributed by atoms with Crippen molar-refractivity contribution in [1.82, 2.24) is 0 Å². The predicted octanol–water partition coefficient (Wildman–Crippen LogP) is 2.40. The standard InChI is InChI=1S/C11H18O2/c1-3-4-7-11(2,12)10-6-5-8-13-9-10/h3,9,12H,1,4-8H2,2H3. The summed E-state index contributed by atoms with van der Waals surface area (Å²) in [6.07, 6.45) is 7.07. The predicted molar refractivity (Wildman–Crippen MR) is 53.3 cm³/mol. The molecule has 0 aromatic rings. The smallest absolute Gasteiger partial charge is 0.0876 e. The molecule has 1 unspecified atom stereocenters. The Morgan fingerprint density at radius 2 is 2.54 bits per heavy atom. The first-order chi connectivity index (χ1) is 6.17. The summed E-state index contributed by atoms with van der Waals surface area (Å²) in [5.74, 6) is 0. The Bertz CT molecular complexity index is 204. The van der Waals surface area contributed by atoms with Crippen molar-refractivity contribution < 1.29 is 9.84 Å². The monoisotopic (exact) mass is 182 g/mol. The van der Waals surface area contributed by atoms with Crippen LogP contribution in [0.1, 0.15) is 32.6 Å². The van der Waals surface area contributed by atoms with Gasteiger partial charge in [-0.2, -0.15) is 0 Å². The zero-order valence-corrected chi connectivity index (χ0v) is 8.25. The lowest BCUT2D eigenvalue weighted by Crippen LogP contribution is -2.28. The first kappa shape index (κ1) is 10.3. The van der Waals surface area contributed by atoms with E-state index in [-0.39, 0.29) is 0 Å². The van der Waals surface area contributed by atoms with Gasteiger partial charge in [0.2, 0.25) is 0 Å². The average molecular weight is 182 g/mol. The molecule has 0 saturated carbocycles. The van der Waals surface area contributed by atoms with Crippen LogP contribution in [0.15, 0.2) is 24.5 Å². The van der Waals surface area contributed by atoms with Crippen molar-refractivity contribution in [2.45, 2.75) is 38.2 Å². The molecule has 2 heteroatoms. The number of ether oxygens (including phenoxy) is 1. The molecule has 0 saturated heterocycles. The molecule has 74 valence electrons. The fraction of sp³-hybridized carbons (Fsp3) is 0.636. The fourth-order valence-corrected chi connectivity index (χ4v) is 1.50. The molecule has 13 heavy (non-hydrogen) atoms. The minimum Gasteiger partial charge on any atom is -0.501 e. The van der Waals surface area contributed by atoms with Crippen LogP contribution in [-0.4, -0.2) is 17.3 Å². The van der Waals surface area contributed by atoms with E-state index in [2.05, 4.69) is 6.58 Å². The van der Waals surface area contributed by atoms with Gasteiger partial charge in [-0.25, -0.2) is 0 Å². The maximum absolute atomic E-state index is 10.1. The summed E-state index contributed by atoms with van der Waals surface area (Å²) in [6.45, 7) is 6.27. The Morgan fingerprint density at radius 3 is 3.08 bits per heavy atom. The molecule has 0 spiro atoms. The molecule has 1 N–H and O–H groups in total. The van der Waals surface area contributed by atoms with E-state index >= 15 is 0 Å². The second-order valence-corrected chi connectivity index (χ2v) is 3.72. The molecule has 1 atom stereocenters. The number of rotatable bonds is 4. The van der Waals surface area contributed by atoms with E-state index in [0.717, 1.165) is 37.9 Å². The summed E-state index contributed by atoms with van der Waals surface area (Å²) < 4.78 is 5.20. The van der Waals surface area contributed by atoms with Crippen LogP contribution in [0.25, 0.3) is 0 Å². The lowest BCUT2D eigenvalue weighted by molar-refractivity contribution is 0.0729. The number of aliphatic hydroxyl groups is 1. The molecule has 0 aromatic carbocycles. The number of hydrogen-bond acceptors (Lipinski definition) is 2. The minimum atomic E-state index is -0.714. The van der Waals surface area contributed by atoms with Crippen LogP contribution in [0.5, 0.6) is 0 Å². The van der Waals surface area contributed by atoms with Gasteiger partial charge in [0.1, 0.15) is 0 Å². The van der Waals surface area contributed by atoms with Crippen molar-refractivity contribution in [1.29, 1.82) is 0 Å². The van der Waals surface area contributed by atoms with Gasteiger partial charge in [0, 0.05) is 0 Å². The molecule has 1 aliphatic rings. The van der Waals surface area contributed by atoms with Gasteiger partial charge < -0.3 is 9.84 Å². The molecule has 1 heterocycles. The third-order valence-electron chi connectivity index (χ3n) is 2.46. The molecule has 0 amide bonds. The van der Waals surface area contributed by atoms with E-state index < -0.39 is 5.60 Å². The highest BCUT2D eigenvalue weighted by Crippen LogP contribution is 2.28. The van der Waals surface area contributed by atoms with Crippen LogP contribution < -0.4 is 0 Å². The molecule has 0 radical (unpaired) electrons. The summed E-state index contributed by atoms with van der Waals surface area (Å²) in [7, 11) is 0. The van der Waals surface area contributed by atoms with E-state index in [9.17, 15) is 5.11 Å². The van der Waals surface area contributed by atoms with E-state index in [1.165, 1.54) is 0 Å². The summed E-state index contributed by atoms with van der Waals surface area (Å²) >= 11 is 0. The molecule has 0 bridgehead atoms. The quantitative estimate of drug-likeness (QED) is 0.676. The fourth-order valence-electron chi connectivity index (χ4n) is 1.50. The highest BCUT2D eigenvalue weighted by atomic mass is 16.5. The van der Waals surface area contributed by atoms with Crippen LogP contribution in [0.3, 0.4) is 0 Å². The molecular formula is C11H18O2. The summed E-state index contributed by atoms with van der Waals surface area (Å²) in [5.41, 5.74) is 0.301. The van der Waals surface area contributed by atoms with Gasteiger partial charge in [0.15, 0.2) is 0 Å². The topological polar surface area (TPSA) is 29.5 Å². The first-order valence-corrected chi connectivity index (χ1v) is 4.81. The van der Waals surface area contributed by atoms with Crippen LogP contribution in [0.4, 0.5) is 0 Å². The maximum Gasteiger partial charge on any atom is 0.0876 e. The SMILES string of the molecule is C=CCCC(C)(O)C1=COCCC1. The zero-order valence-electron chi connectivity index (χ0n) is 8.25. The molecule has 1 aliphatic heterocycles. The molecular weight excluding hydrogens is 164 g/mol. The van der Waals surface area contributed by atoms with Crippen molar-refractivity contribution in [3.05, 3.63) is 24.5 Å². The Morgan fingerprint density at radius 1 is 1.77 bits per heavy atom. The normalized spacial score (nSPS) is 21.2. The van der Waals surface area contributed by atoms with E-state index in [1.807, 2.05) is 13.0 Å². The summed E-state index contributed by atoms with van der Waals surface area (Å²) in [4.78, 5) is 0. The Labute approximate surface area is 79.9 Å². The molecule has 0 fully saturated rings. The van der Waals surface area contributed by atoms with E-state index in [1.54, 1.807) is 6.26 Å². The molecule has 0 aromatic heterocycles. The van der Waals surface area contributed by atoms with E-state index in [0.29, 0.717) is 0 Å². The average Bonchev–Trinajstić information content (AvgIpc) is 2.16. The largest absolute Gasteiger partial charge is 0.501 e. The van der Waals surface area contributed by atoms with Gasteiger partial charge in [-0.05, 0) is 38.2 Å².